The van der Waals surface area contributed by atoms with E-state index in [1.807, 2.05) is 137 Å². The van der Waals surface area contributed by atoms with Crippen molar-refractivity contribution in [3.63, 3.8) is 0 Å². The van der Waals surface area contributed by atoms with E-state index < -0.39 is 6.10 Å². The van der Waals surface area contributed by atoms with Gasteiger partial charge in [0, 0.05) is 216 Å². The minimum atomic E-state index is -0.581. The molecule has 17 rings (SSSR count). The number of nitrogens with zero attached hydrogens (tertiary/aromatic N) is 16. The molecule has 0 bridgehead atoms. The molecule has 9 aromatic heterocycles. The van der Waals surface area contributed by atoms with Crippen molar-refractivity contribution in [1.82, 2.24) is 94.1 Å². The number of piperazine rings is 3. The minimum Gasteiger partial charge on any atom is -0.492 e. The number of hydrogen-bond acceptors (Lipinski definition) is 25. The summed E-state index contributed by atoms with van der Waals surface area (Å²) in [5.74, 6) is 3.08. The quantitative estimate of drug-likeness (QED) is 0.0250. The first kappa shape index (κ1) is 78.4. The predicted octanol–water partition coefficient (Wildman–Crippen LogP) is 10.1. The topological polar surface area (TPSA) is 351 Å². The Kier molecular flexibility index (Phi) is 23.5. The van der Waals surface area contributed by atoms with E-state index in [2.05, 4.69) is 94.5 Å². The first-order valence-corrected chi connectivity index (χ1v) is 40.7. The largest absolute Gasteiger partial charge is 0.492 e. The molecule has 4 saturated heterocycles. The van der Waals surface area contributed by atoms with Gasteiger partial charge in [-0.25, -0.2) is 29.9 Å². The van der Waals surface area contributed by atoms with Crippen molar-refractivity contribution in [1.29, 1.82) is 0 Å². The normalized spacial score (nSPS) is 19.8. The number of aromatic nitrogens is 12. The number of nitrogens with one attached hydrogen (secondary N) is 6. The van der Waals surface area contributed by atoms with Gasteiger partial charge in [0.15, 0.2) is 0 Å². The first-order chi connectivity index (χ1) is 57.5. The molecule has 31 heteroatoms. The first-order valence-electron chi connectivity index (χ1n) is 40.7. The van der Waals surface area contributed by atoms with Crippen LogP contribution in [0.15, 0.2) is 165 Å². The van der Waals surface area contributed by atoms with Crippen molar-refractivity contribution in [2.75, 3.05) is 141 Å². The second kappa shape index (κ2) is 35.4. The van der Waals surface area contributed by atoms with E-state index in [1.54, 1.807) is 56.2 Å². The Bertz CT molecular complexity index is 5550. The van der Waals surface area contributed by atoms with Gasteiger partial charge in [0.1, 0.15) is 47.0 Å². The highest BCUT2D eigenvalue weighted by atomic mass is 16.5. The molecule has 4 aliphatic heterocycles. The van der Waals surface area contributed by atoms with Crippen LogP contribution in [-0.4, -0.2) is 284 Å². The summed E-state index contributed by atoms with van der Waals surface area (Å²) in [6.07, 6.45) is 12.0. The number of pyridine rings is 3. The second-order valence-corrected chi connectivity index (χ2v) is 31.6. The summed E-state index contributed by atoms with van der Waals surface area (Å²) in [6.45, 7) is 15.4. The molecule has 31 nitrogen and oxygen atoms in total. The number of aromatic amines is 3. The van der Waals surface area contributed by atoms with Crippen molar-refractivity contribution in [3.05, 3.63) is 182 Å². The van der Waals surface area contributed by atoms with Crippen molar-refractivity contribution >= 4 is 85.3 Å². The summed E-state index contributed by atoms with van der Waals surface area (Å²) in [5.41, 5.74) is 10.2. The maximum Gasteiger partial charge on any atom is 0.270 e. The molecule has 3 aromatic carbocycles. The molecular formula is C87H98N22O9. The standard InChI is InChI=1S/C87H98N22O9/c1-54(110)5-6-55(2)117-65-14-20-89-76(49-65)73-17-23-92-86(101-73)95-61-8-11-70-57(40-61)45-79(98-70)83(113)108-33-28-105(29-34-108)51-68-52-106(36-38-116-68)35-37-115-64-13-19-88-75(48-64)72-16-22-91-85(100-72)94-62-9-12-71-58(41-62)46-80(99-71)84(114)109-32-27-104(4)81(53-109)59-42-63(111)47-67(43-59)118-66-15-21-90-77(50-66)74-18-24-93-87(102-74)96-60-7-10-69-56(39-60)44-78(97-69)82(112)107-30-25-103(3)26-31-107/h7-24,39-41,44-46,48-50,54-55,59,63,67-68,81,97-99,110-111H,5-6,25-38,42-43,47,51-53H2,1-4H3,(H,91,94,100)(H,92,95,101)(H,93,96,102). The van der Waals surface area contributed by atoms with Crippen LogP contribution in [0, 0.1) is 5.92 Å². The monoisotopic (exact) mass is 1590 g/mol. The van der Waals surface area contributed by atoms with Gasteiger partial charge in [0.05, 0.1) is 65.2 Å². The summed E-state index contributed by atoms with van der Waals surface area (Å²) in [7, 11) is 4.17. The van der Waals surface area contributed by atoms with Crippen molar-refractivity contribution < 1.29 is 43.5 Å². The maximum absolute atomic E-state index is 14.5. The predicted molar refractivity (Wildman–Crippen MR) is 449 cm³/mol. The van der Waals surface area contributed by atoms with Gasteiger partial charge in [-0.2, -0.15) is 0 Å². The van der Waals surface area contributed by atoms with Crippen molar-refractivity contribution in [2.45, 2.75) is 82.5 Å². The lowest BCUT2D eigenvalue weighted by molar-refractivity contribution is -0.0494. The highest BCUT2D eigenvalue weighted by Gasteiger charge is 2.40. The van der Waals surface area contributed by atoms with Crippen LogP contribution in [0.3, 0.4) is 0 Å². The molecule has 7 atom stereocenters. The summed E-state index contributed by atoms with van der Waals surface area (Å²) >= 11 is 0. The average molecular weight is 1600 g/mol. The van der Waals surface area contributed by atoms with Gasteiger partial charge in [-0.3, -0.25) is 44.0 Å². The summed E-state index contributed by atoms with van der Waals surface area (Å²) < 4.78 is 25.4. The molecule has 8 N–H and O–H groups in total. The number of fused-ring (bicyclic) bond motifs is 3. The number of carbonyl (C=O) groups is 3. The average Bonchev–Trinajstić information content (AvgIpc) is 1.56. The van der Waals surface area contributed by atoms with Gasteiger partial charge in [0.2, 0.25) is 17.8 Å². The number of H-pyrrole nitrogens is 3. The van der Waals surface area contributed by atoms with Crippen LogP contribution in [0.25, 0.3) is 66.9 Å². The number of amides is 3. The zero-order chi connectivity index (χ0) is 80.8. The molecular weight excluding hydrogens is 1500 g/mol. The number of rotatable bonds is 26. The van der Waals surface area contributed by atoms with Gasteiger partial charge in [0.25, 0.3) is 17.7 Å². The third-order valence-electron chi connectivity index (χ3n) is 22.9. The van der Waals surface area contributed by atoms with Gasteiger partial charge in [-0.1, -0.05) is 0 Å². The van der Waals surface area contributed by atoms with Crippen LogP contribution in [0.4, 0.5) is 34.9 Å². The molecule has 0 radical (unpaired) electrons. The number of benzene rings is 3. The Balaban J connectivity index is 0.449. The van der Waals surface area contributed by atoms with Crippen LogP contribution in [0.1, 0.15) is 77.4 Å². The molecule has 1 aliphatic carbocycles. The number of ether oxygens (including phenoxy) is 4. The number of hydrogen-bond donors (Lipinski definition) is 8. The lowest BCUT2D eigenvalue weighted by Crippen LogP contribution is -2.57. The fourth-order valence-corrected chi connectivity index (χ4v) is 16.5. The van der Waals surface area contributed by atoms with E-state index in [1.165, 1.54) is 0 Å². The molecule has 610 valence electrons. The van der Waals surface area contributed by atoms with Crippen molar-refractivity contribution in [3.8, 4) is 51.4 Å². The Labute approximate surface area is 682 Å². The Hall–Kier alpha value is -12.1. The van der Waals surface area contributed by atoms with Crippen LogP contribution in [0.2, 0.25) is 0 Å². The third kappa shape index (κ3) is 19.0. The number of aliphatic hydroxyl groups is 2. The third-order valence-corrected chi connectivity index (χ3v) is 22.9. The van der Waals surface area contributed by atoms with E-state index in [9.17, 15) is 24.6 Å². The lowest BCUT2D eigenvalue weighted by atomic mass is 9.79. The van der Waals surface area contributed by atoms with Crippen LogP contribution < -0.4 is 30.2 Å². The van der Waals surface area contributed by atoms with E-state index in [0.29, 0.717) is 171 Å². The number of aliphatic hydroxyl groups excluding tert-OH is 2. The molecule has 118 heavy (non-hydrogen) atoms. The minimum absolute atomic E-state index is 0.000283. The maximum atomic E-state index is 14.5. The smallest absolute Gasteiger partial charge is 0.270 e. The van der Waals surface area contributed by atoms with E-state index in [-0.39, 0.29) is 54.1 Å². The van der Waals surface area contributed by atoms with Gasteiger partial charge in [-0.05, 0) is 169 Å². The molecule has 1 saturated carbocycles. The molecule has 5 aliphatic rings. The molecule has 3 amide bonds. The SMILES string of the molecule is CC(O)CCC(C)Oc1ccnc(-c2ccnc(Nc3ccc4[nH]c(C(=O)N5CCN(CC6CN(CCOc7ccnc(-c8ccnc(Nc9ccc%10[nH]c(C(=O)N%11CCN(C)C(C%12CC(O)CC(Oc%13ccnc(-c%14ccnc(Nc%15ccc%16[nH]c(C(=O)N%17CCN(C)CC%17)cc%16c%15)n%14)c%13)C%12)C%11)cc%10c9)n8)c7)CCO6)CC5)cc4c3)n2)c1. The number of likely N-dealkylation sites (N-methyl/N-ethyl adjacent to an activating group) is 2. The van der Waals surface area contributed by atoms with E-state index in [0.717, 1.165) is 109 Å². The highest BCUT2D eigenvalue weighted by Crippen LogP contribution is 2.36. The Morgan fingerprint density at radius 3 is 1.53 bits per heavy atom. The Morgan fingerprint density at radius 2 is 0.983 bits per heavy atom. The van der Waals surface area contributed by atoms with Gasteiger partial charge >= 0.3 is 0 Å². The van der Waals surface area contributed by atoms with E-state index >= 15 is 0 Å². The highest BCUT2D eigenvalue weighted by molar-refractivity contribution is 6.01. The van der Waals surface area contributed by atoms with Crippen LogP contribution in [0.5, 0.6) is 17.2 Å². The molecule has 0 spiro atoms. The van der Waals surface area contributed by atoms with E-state index in [4.69, 9.17) is 33.9 Å². The molecule has 5 fully saturated rings. The van der Waals surface area contributed by atoms with Gasteiger partial charge < -0.3 is 79.7 Å². The second-order valence-electron chi connectivity index (χ2n) is 31.6. The fraction of sp³-hybridized carbons (Fsp3) is 0.379. The number of carbonyl (C=O) groups excluding carboxylic acids is 3. The molecule has 12 aromatic rings. The van der Waals surface area contributed by atoms with Crippen LogP contribution in [-0.2, 0) is 4.74 Å². The molecule has 7 unspecified atom stereocenters. The zero-order valence-electron chi connectivity index (χ0n) is 66.6. The lowest BCUT2D eigenvalue weighted by Gasteiger charge is -2.46. The number of morpholine rings is 1. The van der Waals surface area contributed by atoms with Crippen molar-refractivity contribution in [2.24, 2.45) is 5.92 Å². The Morgan fingerprint density at radius 1 is 0.500 bits per heavy atom. The summed E-state index contributed by atoms with van der Waals surface area (Å²) in [4.78, 5) is 109. The molecule has 13 heterocycles. The zero-order valence-corrected chi connectivity index (χ0v) is 66.6. The summed E-state index contributed by atoms with van der Waals surface area (Å²) in [5, 5.41) is 33.8. The number of anilines is 6. The van der Waals surface area contributed by atoms with Gasteiger partial charge in [-0.15, -0.1) is 0 Å². The van der Waals surface area contributed by atoms with Crippen LogP contribution >= 0.6 is 0 Å². The summed E-state index contributed by atoms with van der Waals surface area (Å²) in [6, 6.07) is 39.8. The fourth-order valence-electron chi connectivity index (χ4n) is 16.5.